The lowest BCUT2D eigenvalue weighted by Gasteiger charge is -2.19. The Morgan fingerprint density at radius 3 is 2.48 bits per heavy atom. The molecule has 2 aromatic heterocycles. The minimum Gasteiger partial charge on any atom is -0.343 e. The molecule has 0 bridgehead atoms. The first-order chi connectivity index (χ1) is 13.6. The third-order valence-electron chi connectivity index (χ3n) is 4.52. The molecular formula is C21H24ClN5O2. The molecule has 1 amide bonds. The average molecular weight is 414 g/mol. The number of hydrogen-bond donors (Lipinski definition) is 3. The van der Waals surface area contributed by atoms with Crippen LogP contribution < -0.4 is 10.9 Å². The van der Waals surface area contributed by atoms with E-state index in [2.05, 4.69) is 25.5 Å². The van der Waals surface area contributed by atoms with Crippen molar-refractivity contribution in [3.8, 4) is 0 Å². The van der Waals surface area contributed by atoms with Gasteiger partial charge in [-0.1, -0.05) is 44.5 Å². The van der Waals surface area contributed by atoms with E-state index in [-0.39, 0.29) is 16.9 Å². The van der Waals surface area contributed by atoms with Crippen molar-refractivity contribution in [3.05, 3.63) is 80.2 Å². The second-order valence-electron chi connectivity index (χ2n) is 8.02. The Hall–Kier alpha value is -2.93. The third-order valence-corrected chi connectivity index (χ3v) is 4.77. The summed E-state index contributed by atoms with van der Waals surface area (Å²) in [4.78, 5) is 31.7. The van der Waals surface area contributed by atoms with E-state index >= 15 is 0 Å². The predicted octanol–water partition coefficient (Wildman–Crippen LogP) is 3.47. The lowest BCUT2D eigenvalue weighted by Crippen LogP contribution is -2.31. The Balaban J connectivity index is 1.88. The second-order valence-corrected chi connectivity index (χ2v) is 8.46. The molecule has 29 heavy (non-hydrogen) atoms. The molecule has 3 aromatic rings. The molecule has 1 aromatic carbocycles. The summed E-state index contributed by atoms with van der Waals surface area (Å²) in [6.07, 6.45) is 0.356. The molecule has 0 saturated heterocycles. The number of nitrogens with one attached hydrogen (secondary N) is 3. The lowest BCUT2D eigenvalue weighted by atomic mass is 9.92. The molecule has 1 atom stereocenters. The van der Waals surface area contributed by atoms with Gasteiger partial charge in [-0.25, -0.2) is 4.98 Å². The van der Waals surface area contributed by atoms with E-state index in [1.54, 1.807) is 25.1 Å². The minimum absolute atomic E-state index is 0.145. The van der Waals surface area contributed by atoms with Crippen LogP contribution in [0.5, 0.6) is 0 Å². The Morgan fingerprint density at radius 1 is 1.21 bits per heavy atom. The fourth-order valence-electron chi connectivity index (χ4n) is 2.96. The molecule has 152 valence electrons. The minimum atomic E-state index is -0.400. The number of benzene rings is 1. The van der Waals surface area contributed by atoms with Crippen molar-refractivity contribution in [2.75, 3.05) is 0 Å². The van der Waals surface area contributed by atoms with E-state index in [0.29, 0.717) is 28.7 Å². The van der Waals surface area contributed by atoms with Gasteiger partial charge in [0.15, 0.2) is 0 Å². The average Bonchev–Trinajstić information content (AvgIpc) is 3.11. The van der Waals surface area contributed by atoms with E-state index in [4.69, 9.17) is 11.6 Å². The maximum absolute atomic E-state index is 12.9. The number of hydrogen-bond acceptors (Lipinski definition) is 4. The van der Waals surface area contributed by atoms with Gasteiger partial charge in [-0.3, -0.25) is 14.7 Å². The van der Waals surface area contributed by atoms with Gasteiger partial charge in [-0.2, -0.15) is 5.10 Å². The predicted molar refractivity (Wildman–Crippen MR) is 112 cm³/mol. The number of aromatic nitrogens is 4. The molecule has 2 heterocycles. The van der Waals surface area contributed by atoms with Crippen molar-refractivity contribution in [2.45, 2.75) is 45.6 Å². The van der Waals surface area contributed by atoms with Gasteiger partial charge in [0.05, 0.1) is 11.7 Å². The van der Waals surface area contributed by atoms with Crippen molar-refractivity contribution < 1.29 is 4.79 Å². The van der Waals surface area contributed by atoms with Gasteiger partial charge in [-0.05, 0) is 30.7 Å². The molecule has 0 aliphatic carbocycles. The van der Waals surface area contributed by atoms with Crippen LogP contribution in [-0.4, -0.2) is 26.1 Å². The number of H-pyrrole nitrogens is 2. The molecule has 3 N–H and O–H groups in total. The van der Waals surface area contributed by atoms with Crippen LogP contribution in [0.25, 0.3) is 0 Å². The van der Waals surface area contributed by atoms with E-state index in [0.717, 1.165) is 11.3 Å². The van der Waals surface area contributed by atoms with Crippen molar-refractivity contribution in [3.63, 3.8) is 0 Å². The van der Waals surface area contributed by atoms with E-state index in [1.807, 2.05) is 32.9 Å². The van der Waals surface area contributed by atoms with Gasteiger partial charge in [0.2, 0.25) is 0 Å². The molecule has 1 unspecified atom stereocenters. The summed E-state index contributed by atoms with van der Waals surface area (Å²) in [6, 6.07) is 10.0. The summed E-state index contributed by atoms with van der Waals surface area (Å²) in [5, 5.41) is 10.7. The Bertz CT molecular complexity index is 1060. The topological polar surface area (TPSA) is 104 Å². The summed E-state index contributed by atoms with van der Waals surface area (Å²) in [6.45, 7) is 7.84. The molecule has 0 spiro atoms. The first kappa shape index (κ1) is 20.8. The smallest absolute Gasteiger partial charge is 0.272 e. The van der Waals surface area contributed by atoms with Gasteiger partial charge in [0.1, 0.15) is 11.5 Å². The molecule has 8 heteroatoms. The summed E-state index contributed by atoms with van der Waals surface area (Å²) in [5.41, 5.74) is 2.25. The second kappa shape index (κ2) is 8.21. The molecule has 0 aliphatic rings. The zero-order valence-electron chi connectivity index (χ0n) is 16.8. The highest BCUT2D eigenvalue weighted by Crippen LogP contribution is 2.22. The van der Waals surface area contributed by atoms with E-state index < -0.39 is 6.04 Å². The van der Waals surface area contributed by atoms with Crippen LogP contribution in [0.3, 0.4) is 0 Å². The zero-order chi connectivity index (χ0) is 21.2. The SMILES string of the molecule is Cc1nc(CC(NC(=O)c2cc(C(C)(C)C)[nH]n2)c2ccc(Cl)cc2)cc(=O)[nH]1. The van der Waals surface area contributed by atoms with Crippen LogP contribution in [0.4, 0.5) is 0 Å². The fourth-order valence-corrected chi connectivity index (χ4v) is 3.08. The highest BCUT2D eigenvalue weighted by atomic mass is 35.5. The van der Waals surface area contributed by atoms with Gasteiger partial charge in [-0.15, -0.1) is 0 Å². The van der Waals surface area contributed by atoms with Gasteiger partial charge in [0.25, 0.3) is 11.5 Å². The molecule has 7 nitrogen and oxygen atoms in total. The van der Waals surface area contributed by atoms with Crippen molar-refractivity contribution in [2.24, 2.45) is 0 Å². The molecule has 0 fully saturated rings. The maximum atomic E-state index is 12.9. The number of nitrogens with zero attached hydrogens (tertiary/aromatic N) is 2. The number of halogens is 1. The summed E-state index contributed by atoms with van der Waals surface area (Å²) < 4.78 is 0. The van der Waals surface area contributed by atoms with Crippen molar-refractivity contribution in [1.82, 2.24) is 25.5 Å². The normalized spacial score (nSPS) is 12.6. The standard InChI is InChI=1S/C21H24ClN5O2/c1-12-23-15(10-19(28)24-12)9-16(13-5-7-14(22)8-6-13)25-20(29)17-11-18(27-26-17)21(2,3)4/h5-8,10-11,16H,9H2,1-4H3,(H,25,29)(H,26,27)(H,23,24,28). The highest BCUT2D eigenvalue weighted by molar-refractivity contribution is 6.30. The van der Waals surface area contributed by atoms with Crippen LogP contribution >= 0.6 is 11.6 Å². The van der Waals surface area contributed by atoms with Crippen LogP contribution in [0.1, 0.15) is 60.1 Å². The maximum Gasteiger partial charge on any atom is 0.272 e. The van der Waals surface area contributed by atoms with Gasteiger partial charge >= 0.3 is 0 Å². The molecule has 0 saturated carbocycles. The molecule has 0 radical (unpaired) electrons. The zero-order valence-corrected chi connectivity index (χ0v) is 17.6. The number of rotatable bonds is 5. The molecule has 0 aliphatic heterocycles. The van der Waals surface area contributed by atoms with Crippen molar-refractivity contribution in [1.29, 1.82) is 0 Å². The lowest BCUT2D eigenvalue weighted by molar-refractivity contribution is 0.0931. The number of aryl methyl sites for hydroxylation is 1. The molecular weight excluding hydrogens is 390 g/mol. The first-order valence-electron chi connectivity index (χ1n) is 9.31. The van der Waals surface area contributed by atoms with Crippen LogP contribution in [0.2, 0.25) is 5.02 Å². The Morgan fingerprint density at radius 2 is 1.90 bits per heavy atom. The van der Waals surface area contributed by atoms with Crippen LogP contribution in [-0.2, 0) is 11.8 Å². The van der Waals surface area contributed by atoms with Crippen molar-refractivity contribution >= 4 is 17.5 Å². The first-order valence-corrected chi connectivity index (χ1v) is 9.68. The quantitative estimate of drug-likeness (QED) is 0.595. The fraction of sp³-hybridized carbons (Fsp3) is 0.333. The van der Waals surface area contributed by atoms with E-state index in [1.165, 1.54) is 6.07 Å². The third kappa shape index (κ3) is 5.32. The largest absolute Gasteiger partial charge is 0.343 e. The number of aromatic amines is 2. The van der Waals surface area contributed by atoms with Gasteiger partial charge in [0, 0.05) is 28.6 Å². The summed E-state index contributed by atoms with van der Waals surface area (Å²) >= 11 is 6.01. The monoisotopic (exact) mass is 413 g/mol. The Kier molecular flexibility index (Phi) is 5.88. The van der Waals surface area contributed by atoms with Gasteiger partial charge < -0.3 is 10.3 Å². The summed E-state index contributed by atoms with van der Waals surface area (Å²) in [5.74, 6) is 0.217. The van der Waals surface area contributed by atoms with Crippen LogP contribution in [0.15, 0.2) is 41.2 Å². The Labute approximate surface area is 173 Å². The molecule has 3 rings (SSSR count). The van der Waals surface area contributed by atoms with E-state index in [9.17, 15) is 9.59 Å². The number of carbonyl (C=O) groups excluding carboxylic acids is 1. The van der Waals surface area contributed by atoms with Crippen LogP contribution in [0, 0.1) is 6.92 Å². The number of carbonyl (C=O) groups is 1. The summed E-state index contributed by atoms with van der Waals surface area (Å²) in [7, 11) is 0. The number of amides is 1. The highest BCUT2D eigenvalue weighted by Gasteiger charge is 2.22.